The number of hydrogen-bond acceptors (Lipinski definition) is 4. The lowest BCUT2D eigenvalue weighted by atomic mass is 9.79. The van der Waals surface area contributed by atoms with E-state index in [0.717, 1.165) is 17.9 Å². The molecule has 4 nitrogen and oxygen atoms in total. The van der Waals surface area contributed by atoms with Gasteiger partial charge in [0.25, 0.3) is 0 Å². The van der Waals surface area contributed by atoms with Gasteiger partial charge < -0.3 is 10.3 Å². The molecule has 2 N–H and O–H groups in total. The molecule has 106 valence electrons. The fourth-order valence-corrected chi connectivity index (χ4v) is 3.02. The van der Waals surface area contributed by atoms with E-state index in [2.05, 4.69) is 29.2 Å². The summed E-state index contributed by atoms with van der Waals surface area (Å²) in [5, 5.41) is 4.13. The third-order valence-electron chi connectivity index (χ3n) is 4.28. The van der Waals surface area contributed by atoms with Crippen LogP contribution in [0.25, 0.3) is 11.4 Å². The van der Waals surface area contributed by atoms with Crippen molar-refractivity contribution in [2.24, 2.45) is 11.7 Å². The Morgan fingerprint density at radius 2 is 1.95 bits per heavy atom. The number of nitrogens with two attached hydrogens (primary N) is 1. The van der Waals surface area contributed by atoms with Gasteiger partial charge >= 0.3 is 0 Å². The first-order chi connectivity index (χ1) is 9.78. The number of aryl methyl sites for hydroxylation is 1. The number of aromatic nitrogens is 2. The number of hydrogen-bond donors (Lipinski definition) is 1. The first-order valence-corrected chi connectivity index (χ1v) is 7.38. The molecular formula is C16H21N3O. The average molecular weight is 271 g/mol. The molecule has 2 aromatic rings. The average Bonchev–Trinajstić information content (AvgIpc) is 2.97. The van der Waals surface area contributed by atoms with Crippen LogP contribution < -0.4 is 5.73 Å². The lowest BCUT2D eigenvalue weighted by molar-refractivity contribution is 0.249. The second kappa shape index (κ2) is 5.75. The van der Waals surface area contributed by atoms with E-state index in [1.54, 1.807) is 0 Å². The van der Waals surface area contributed by atoms with E-state index >= 15 is 0 Å². The molecule has 1 heterocycles. The van der Waals surface area contributed by atoms with E-state index in [9.17, 15) is 0 Å². The Morgan fingerprint density at radius 3 is 2.70 bits per heavy atom. The molecule has 1 aliphatic rings. The second-order valence-corrected chi connectivity index (χ2v) is 5.71. The SMILES string of the molecule is Cc1ccc(-c2noc(C3CCCCC3CN)n2)cc1. The molecule has 0 saturated heterocycles. The molecule has 20 heavy (non-hydrogen) atoms. The molecule has 0 radical (unpaired) electrons. The molecule has 1 saturated carbocycles. The predicted molar refractivity (Wildman–Crippen MR) is 78.2 cm³/mol. The minimum atomic E-state index is 0.334. The Hall–Kier alpha value is -1.68. The molecule has 1 aliphatic carbocycles. The predicted octanol–water partition coefficient (Wildman–Crippen LogP) is 3.28. The first-order valence-electron chi connectivity index (χ1n) is 7.38. The third kappa shape index (κ3) is 2.61. The quantitative estimate of drug-likeness (QED) is 0.930. The van der Waals surface area contributed by atoms with Gasteiger partial charge in [0, 0.05) is 11.5 Å². The minimum absolute atomic E-state index is 0.334. The van der Waals surface area contributed by atoms with Gasteiger partial charge in [0.15, 0.2) is 0 Å². The largest absolute Gasteiger partial charge is 0.339 e. The van der Waals surface area contributed by atoms with E-state index in [1.165, 1.54) is 24.8 Å². The van der Waals surface area contributed by atoms with Gasteiger partial charge in [-0.15, -0.1) is 0 Å². The van der Waals surface area contributed by atoms with Crippen LogP contribution >= 0.6 is 0 Å². The molecule has 2 unspecified atom stereocenters. The Kier molecular flexibility index (Phi) is 3.83. The van der Waals surface area contributed by atoms with Crippen molar-refractivity contribution in [1.82, 2.24) is 10.1 Å². The standard InChI is InChI=1S/C16H21N3O/c1-11-6-8-12(9-7-11)15-18-16(20-19-15)14-5-3-2-4-13(14)10-17/h6-9,13-14H,2-5,10,17H2,1H3. The summed E-state index contributed by atoms with van der Waals surface area (Å²) in [6, 6.07) is 8.19. The van der Waals surface area contributed by atoms with Gasteiger partial charge in [-0.2, -0.15) is 4.98 Å². The first kappa shape index (κ1) is 13.3. The Balaban J connectivity index is 1.84. The summed E-state index contributed by atoms with van der Waals surface area (Å²) >= 11 is 0. The van der Waals surface area contributed by atoms with Crippen molar-refractivity contribution in [1.29, 1.82) is 0 Å². The molecule has 3 rings (SSSR count). The summed E-state index contributed by atoms with van der Waals surface area (Å²) in [6.07, 6.45) is 4.77. The highest BCUT2D eigenvalue weighted by Gasteiger charge is 2.30. The lowest BCUT2D eigenvalue weighted by Gasteiger charge is -2.27. The normalized spacial score (nSPS) is 22.9. The summed E-state index contributed by atoms with van der Waals surface area (Å²) in [5.74, 6) is 2.26. The molecule has 0 bridgehead atoms. The van der Waals surface area contributed by atoms with Gasteiger partial charge in [-0.3, -0.25) is 0 Å². The van der Waals surface area contributed by atoms with Crippen molar-refractivity contribution in [3.8, 4) is 11.4 Å². The fourth-order valence-electron chi connectivity index (χ4n) is 3.02. The monoisotopic (exact) mass is 271 g/mol. The van der Waals surface area contributed by atoms with Gasteiger partial charge in [0.2, 0.25) is 11.7 Å². The van der Waals surface area contributed by atoms with E-state index in [4.69, 9.17) is 10.3 Å². The maximum atomic E-state index is 5.88. The molecule has 1 aromatic carbocycles. The van der Waals surface area contributed by atoms with Crippen LogP contribution in [-0.2, 0) is 0 Å². The van der Waals surface area contributed by atoms with Crippen LogP contribution in [0.2, 0.25) is 0 Å². The van der Waals surface area contributed by atoms with Crippen LogP contribution in [-0.4, -0.2) is 16.7 Å². The zero-order valence-corrected chi connectivity index (χ0v) is 11.9. The molecule has 0 amide bonds. The van der Waals surface area contributed by atoms with Gasteiger partial charge in [0.1, 0.15) is 0 Å². The van der Waals surface area contributed by atoms with Crippen molar-refractivity contribution < 1.29 is 4.52 Å². The third-order valence-corrected chi connectivity index (χ3v) is 4.28. The molecule has 1 fully saturated rings. The Morgan fingerprint density at radius 1 is 1.20 bits per heavy atom. The Bertz CT molecular complexity index is 561. The summed E-state index contributed by atoms with van der Waals surface area (Å²) in [7, 11) is 0. The van der Waals surface area contributed by atoms with E-state index in [0.29, 0.717) is 24.2 Å². The van der Waals surface area contributed by atoms with Crippen LogP contribution in [0.4, 0.5) is 0 Å². The topological polar surface area (TPSA) is 64.9 Å². The van der Waals surface area contributed by atoms with Gasteiger partial charge in [0.05, 0.1) is 0 Å². The van der Waals surface area contributed by atoms with Crippen LogP contribution in [0.1, 0.15) is 43.1 Å². The van der Waals surface area contributed by atoms with Crippen LogP contribution in [0.5, 0.6) is 0 Å². The maximum Gasteiger partial charge on any atom is 0.230 e. The molecule has 0 aliphatic heterocycles. The van der Waals surface area contributed by atoms with Gasteiger partial charge in [-0.25, -0.2) is 0 Å². The summed E-state index contributed by atoms with van der Waals surface area (Å²) < 4.78 is 5.50. The van der Waals surface area contributed by atoms with Crippen molar-refractivity contribution in [2.75, 3.05) is 6.54 Å². The van der Waals surface area contributed by atoms with Crippen LogP contribution in [0.15, 0.2) is 28.8 Å². The van der Waals surface area contributed by atoms with Crippen LogP contribution in [0.3, 0.4) is 0 Å². The lowest BCUT2D eigenvalue weighted by Crippen LogP contribution is -2.25. The van der Waals surface area contributed by atoms with Crippen molar-refractivity contribution >= 4 is 0 Å². The van der Waals surface area contributed by atoms with Crippen molar-refractivity contribution in [3.05, 3.63) is 35.7 Å². The highest BCUT2D eigenvalue weighted by molar-refractivity contribution is 5.54. The smallest absolute Gasteiger partial charge is 0.230 e. The highest BCUT2D eigenvalue weighted by Crippen LogP contribution is 2.36. The van der Waals surface area contributed by atoms with Crippen LogP contribution in [0, 0.1) is 12.8 Å². The van der Waals surface area contributed by atoms with E-state index < -0.39 is 0 Å². The summed E-state index contributed by atoms with van der Waals surface area (Å²) in [5.41, 5.74) is 8.11. The molecule has 0 spiro atoms. The Labute approximate surface area is 119 Å². The number of rotatable bonds is 3. The fraction of sp³-hybridized carbons (Fsp3) is 0.500. The second-order valence-electron chi connectivity index (χ2n) is 5.71. The molecular weight excluding hydrogens is 250 g/mol. The van der Waals surface area contributed by atoms with Gasteiger partial charge in [-0.05, 0) is 32.2 Å². The highest BCUT2D eigenvalue weighted by atomic mass is 16.5. The number of nitrogens with zero attached hydrogens (tertiary/aromatic N) is 2. The summed E-state index contributed by atoms with van der Waals surface area (Å²) in [4.78, 5) is 4.60. The maximum absolute atomic E-state index is 5.88. The zero-order valence-electron chi connectivity index (χ0n) is 11.9. The summed E-state index contributed by atoms with van der Waals surface area (Å²) in [6.45, 7) is 2.77. The molecule has 4 heteroatoms. The zero-order chi connectivity index (χ0) is 13.9. The van der Waals surface area contributed by atoms with Crippen molar-refractivity contribution in [2.45, 2.75) is 38.5 Å². The molecule has 1 aromatic heterocycles. The van der Waals surface area contributed by atoms with E-state index in [-0.39, 0.29) is 0 Å². The molecule has 2 atom stereocenters. The van der Waals surface area contributed by atoms with E-state index in [1.807, 2.05) is 12.1 Å². The van der Waals surface area contributed by atoms with Crippen molar-refractivity contribution in [3.63, 3.8) is 0 Å². The van der Waals surface area contributed by atoms with Gasteiger partial charge in [-0.1, -0.05) is 47.8 Å². The number of benzene rings is 1. The minimum Gasteiger partial charge on any atom is -0.339 e.